The average Bonchev–Trinajstić information content (AvgIpc) is 2.95. The first kappa shape index (κ1) is 13.6. The Morgan fingerprint density at radius 2 is 2.10 bits per heavy atom. The van der Waals surface area contributed by atoms with E-state index in [1.54, 1.807) is 13.1 Å². The summed E-state index contributed by atoms with van der Waals surface area (Å²) in [7, 11) is 1.57. The van der Waals surface area contributed by atoms with E-state index in [4.69, 9.17) is 0 Å². The first-order chi connectivity index (χ1) is 9.84. The minimum absolute atomic E-state index is 0.128. The molecule has 2 aliphatic heterocycles. The van der Waals surface area contributed by atoms with Crippen molar-refractivity contribution >= 4 is 43.8 Å². The summed E-state index contributed by atoms with van der Waals surface area (Å²) in [6.45, 7) is 0. The Hall–Kier alpha value is -1.06. The minimum Gasteiger partial charge on any atom is -0.368 e. The molecule has 1 aromatic heterocycles. The summed E-state index contributed by atoms with van der Waals surface area (Å²) in [6.07, 6.45) is 0.352. The van der Waals surface area contributed by atoms with Crippen LogP contribution in [0.5, 0.6) is 0 Å². The molecule has 4 atom stereocenters. The predicted octanol–water partition coefficient (Wildman–Crippen LogP) is 0.782. The van der Waals surface area contributed by atoms with Crippen molar-refractivity contribution in [1.82, 2.24) is 20.1 Å². The SMILES string of the molecule is CN1C(=O)NC2C3NC(=O)c4cc(Br)c(Br)n4C3CC21O. The van der Waals surface area contributed by atoms with E-state index in [9.17, 15) is 14.7 Å². The van der Waals surface area contributed by atoms with Crippen LogP contribution < -0.4 is 10.6 Å². The van der Waals surface area contributed by atoms with Gasteiger partial charge < -0.3 is 20.3 Å². The monoisotopic (exact) mass is 418 g/mol. The van der Waals surface area contributed by atoms with Crippen molar-refractivity contribution < 1.29 is 14.7 Å². The van der Waals surface area contributed by atoms with Gasteiger partial charge in [0.25, 0.3) is 5.91 Å². The molecule has 21 heavy (non-hydrogen) atoms. The van der Waals surface area contributed by atoms with Gasteiger partial charge in [-0.05, 0) is 37.9 Å². The lowest BCUT2D eigenvalue weighted by Crippen LogP contribution is -2.56. The van der Waals surface area contributed by atoms with Gasteiger partial charge in [-0.25, -0.2) is 4.79 Å². The number of carbonyl (C=O) groups is 2. The van der Waals surface area contributed by atoms with E-state index in [0.29, 0.717) is 12.1 Å². The predicted molar refractivity (Wildman–Crippen MR) is 79.8 cm³/mol. The lowest BCUT2D eigenvalue weighted by Gasteiger charge is -2.32. The molecule has 2 fully saturated rings. The van der Waals surface area contributed by atoms with Gasteiger partial charge in [-0.3, -0.25) is 9.69 Å². The van der Waals surface area contributed by atoms with Gasteiger partial charge in [0.1, 0.15) is 11.7 Å². The number of likely N-dealkylation sites (N-methyl/N-ethyl adjacent to an activating group) is 1. The number of hydrogen-bond donors (Lipinski definition) is 3. The van der Waals surface area contributed by atoms with Crippen molar-refractivity contribution in [2.45, 2.75) is 30.3 Å². The van der Waals surface area contributed by atoms with E-state index in [1.165, 1.54) is 4.90 Å². The van der Waals surface area contributed by atoms with Crippen LogP contribution in [0.2, 0.25) is 0 Å². The van der Waals surface area contributed by atoms with Gasteiger partial charge in [-0.15, -0.1) is 0 Å². The third-order valence-electron chi connectivity index (χ3n) is 4.74. The summed E-state index contributed by atoms with van der Waals surface area (Å²) in [4.78, 5) is 25.4. The molecule has 3 heterocycles. The number of hydrogen-bond acceptors (Lipinski definition) is 3. The van der Waals surface area contributed by atoms with Crippen LogP contribution in [-0.4, -0.2) is 51.4 Å². The number of halogens is 2. The number of rotatable bonds is 0. The highest BCUT2D eigenvalue weighted by molar-refractivity contribution is 9.13. The number of aromatic nitrogens is 1. The third kappa shape index (κ3) is 1.51. The quantitative estimate of drug-likeness (QED) is 0.580. The molecule has 3 amide bonds. The second-order valence-corrected chi connectivity index (χ2v) is 7.28. The Kier molecular flexibility index (Phi) is 2.60. The summed E-state index contributed by atoms with van der Waals surface area (Å²) >= 11 is 6.88. The summed E-state index contributed by atoms with van der Waals surface area (Å²) < 4.78 is 3.43. The number of aliphatic hydroxyl groups is 1. The van der Waals surface area contributed by atoms with Crippen molar-refractivity contribution in [2.75, 3.05) is 7.05 Å². The van der Waals surface area contributed by atoms with E-state index >= 15 is 0 Å². The van der Waals surface area contributed by atoms with Gasteiger partial charge in [0, 0.05) is 13.5 Å². The number of carbonyl (C=O) groups excluding carboxylic acids is 2. The molecular formula is C12H12Br2N4O3. The maximum Gasteiger partial charge on any atom is 0.319 e. The molecule has 0 radical (unpaired) electrons. The molecule has 9 heteroatoms. The van der Waals surface area contributed by atoms with Crippen molar-refractivity contribution in [3.63, 3.8) is 0 Å². The van der Waals surface area contributed by atoms with Crippen LogP contribution in [0.3, 0.4) is 0 Å². The highest BCUT2D eigenvalue weighted by atomic mass is 79.9. The largest absolute Gasteiger partial charge is 0.368 e. The average molecular weight is 420 g/mol. The fourth-order valence-corrected chi connectivity index (χ4v) is 4.63. The highest BCUT2D eigenvalue weighted by Crippen LogP contribution is 2.47. The zero-order chi connectivity index (χ0) is 15.1. The Labute approximate surface area is 136 Å². The van der Waals surface area contributed by atoms with Crippen molar-refractivity contribution in [3.05, 3.63) is 20.8 Å². The van der Waals surface area contributed by atoms with Gasteiger partial charge in [0.15, 0.2) is 5.72 Å². The Morgan fingerprint density at radius 1 is 1.38 bits per heavy atom. The topological polar surface area (TPSA) is 86.6 Å². The third-order valence-corrected chi connectivity index (χ3v) is 6.69. The van der Waals surface area contributed by atoms with E-state index in [2.05, 4.69) is 42.5 Å². The second kappa shape index (κ2) is 4.02. The molecule has 1 aromatic rings. The Morgan fingerprint density at radius 3 is 2.81 bits per heavy atom. The summed E-state index contributed by atoms with van der Waals surface area (Å²) in [6, 6.07) is 0.422. The van der Waals surface area contributed by atoms with Crippen LogP contribution >= 0.6 is 31.9 Å². The minimum atomic E-state index is -1.29. The molecule has 3 N–H and O–H groups in total. The molecule has 0 aromatic carbocycles. The van der Waals surface area contributed by atoms with Crippen LogP contribution in [0.4, 0.5) is 4.79 Å². The molecule has 0 spiro atoms. The molecule has 0 bridgehead atoms. The van der Waals surface area contributed by atoms with Gasteiger partial charge >= 0.3 is 6.03 Å². The Balaban J connectivity index is 1.85. The highest BCUT2D eigenvalue weighted by Gasteiger charge is 2.63. The zero-order valence-electron chi connectivity index (χ0n) is 10.9. The van der Waals surface area contributed by atoms with Crippen LogP contribution in [0.15, 0.2) is 15.1 Å². The number of nitrogens with zero attached hydrogens (tertiary/aromatic N) is 2. The maximum absolute atomic E-state index is 12.3. The van der Waals surface area contributed by atoms with Gasteiger partial charge in [-0.1, -0.05) is 0 Å². The fourth-order valence-electron chi connectivity index (χ4n) is 3.65. The van der Waals surface area contributed by atoms with E-state index in [0.717, 1.165) is 9.08 Å². The lowest BCUT2D eigenvalue weighted by atomic mass is 10.1. The summed E-state index contributed by atoms with van der Waals surface area (Å²) in [5, 5.41) is 16.5. The summed E-state index contributed by atoms with van der Waals surface area (Å²) in [5.41, 5.74) is -0.759. The van der Waals surface area contributed by atoms with E-state index < -0.39 is 11.8 Å². The molecule has 112 valence electrons. The first-order valence-electron chi connectivity index (χ1n) is 6.48. The van der Waals surface area contributed by atoms with E-state index in [1.807, 2.05) is 4.57 Å². The standard InChI is InChI=1S/C12H12Br2N4O3/c1-17-11(20)16-8-7-6(3-12(8,17)21)18-5(10(19)15-7)2-4(13)9(18)14/h2,6-8,21H,3H2,1H3,(H,15,19)(H,16,20). The van der Waals surface area contributed by atoms with E-state index in [-0.39, 0.29) is 24.0 Å². The molecule has 1 saturated carbocycles. The van der Waals surface area contributed by atoms with Crippen molar-refractivity contribution in [1.29, 1.82) is 0 Å². The number of urea groups is 1. The van der Waals surface area contributed by atoms with Gasteiger partial charge in [0.05, 0.1) is 21.2 Å². The second-order valence-electron chi connectivity index (χ2n) is 5.67. The van der Waals surface area contributed by atoms with Crippen LogP contribution in [0.25, 0.3) is 0 Å². The van der Waals surface area contributed by atoms with Crippen LogP contribution in [0, 0.1) is 0 Å². The smallest absolute Gasteiger partial charge is 0.319 e. The molecule has 7 nitrogen and oxygen atoms in total. The van der Waals surface area contributed by atoms with Crippen molar-refractivity contribution in [3.8, 4) is 0 Å². The number of amides is 3. The molecule has 3 aliphatic rings. The molecule has 1 aliphatic carbocycles. The Bertz CT molecular complexity index is 690. The van der Waals surface area contributed by atoms with Gasteiger partial charge in [0.2, 0.25) is 0 Å². The number of nitrogens with one attached hydrogen (secondary N) is 2. The van der Waals surface area contributed by atoms with Crippen molar-refractivity contribution in [2.24, 2.45) is 0 Å². The zero-order valence-corrected chi connectivity index (χ0v) is 14.1. The lowest BCUT2D eigenvalue weighted by molar-refractivity contribution is -0.0561. The maximum atomic E-state index is 12.3. The number of fused-ring (bicyclic) bond motifs is 5. The summed E-state index contributed by atoms with van der Waals surface area (Å²) in [5.74, 6) is -0.212. The van der Waals surface area contributed by atoms with Gasteiger partial charge in [-0.2, -0.15) is 0 Å². The van der Waals surface area contributed by atoms with Crippen LogP contribution in [0.1, 0.15) is 23.0 Å². The normalized spacial score (nSPS) is 37.0. The van der Waals surface area contributed by atoms with Crippen LogP contribution in [-0.2, 0) is 0 Å². The molecule has 4 unspecified atom stereocenters. The molecule has 1 saturated heterocycles. The molecule has 4 rings (SSSR count). The first-order valence-corrected chi connectivity index (χ1v) is 8.07. The molecular weight excluding hydrogens is 408 g/mol. The fraction of sp³-hybridized carbons (Fsp3) is 0.500.